The van der Waals surface area contributed by atoms with Crippen molar-refractivity contribution in [1.82, 2.24) is 10.3 Å². The van der Waals surface area contributed by atoms with Crippen LogP contribution in [0.5, 0.6) is 0 Å². The Kier molecular flexibility index (Phi) is 5.53. The van der Waals surface area contributed by atoms with E-state index in [4.69, 9.17) is 4.74 Å². The number of hydrogen-bond acceptors (Lipinski definition) is 6. The van der Waals surface area contributed by atoms with Crippen molar-refractivity contribution >= 4 is 23.7 Å². The fraction of sp³-hybridized carbons (Fsp3) is 0.263. The third-order valence-corrected chi connectivity index (χ3v) is 4.19. The fourth-order valence-electron chi connectivity index (χ4n) is 2.82. The zero-order chi connectivity index (χ0) is 20.3. The van der Waals surface area contributed by atoms with Crippen LogP contribution in [0, 0.1) is 5.82 Å². The Morgan fingerprint density at radius 2 is 2.14 bits per heavy atom. The molecule has 0 spiro atoms. The second kappa shape index (κ2) is 8.03. The summed E-state index contributed by atoms with van der Waals surface area (Å²) >= 11 is 0. The van der Waals surface area contributed by atoms with Crippen molar-refractivity contribution in [2.45, 2.75) is 13.0 Å². The molecule has 1 fully saturated rings. The number of methoxy groups -OCH3 is 1. The first kappa shape index (κ1) is 19.3. The number of halogens is 1. The Balaban J connectivity index is 1.80. The second-order valence-corrected chi connectivity index (χ2v) is 6.17. The zero-order valence-corrected chi connectivity index (χ0v) is 15.3. The molecule has 1 aromatic heterocycles. The first-order valence-electron chi connectivity index (χ1n) is 8.45. The highest BCUT2D eigenvalue weighted by molar-refractivity contribution is 5.91. The lowest BCUT2D eigenvalue weighted by molar-refractivity contribution is -0.119. The number of carbonyl (C=O) groups is 3. The average molecular weight is 387 g/mol. The van der Waals surface area contributed by atoms with Gasteiger partial charge in [-0.3, -0.25) is 14.7 Å². The van der Waals surface area contributed by atoms with E-state index in [1.807, 2.05) is 0 Å². The lowest BCUT2D eigenvalue weighted by Gasteiger charge is -2.14. The molecule has 8 nitrogen and oxygen atoms in total. The summed E-state index contributed by atoms with van der Waals surface area (Å²) in [6, 6.07) is 5.76. The number of pyridine rings is 1. The molecule has 1 aliphatic rings. The number of aromatic nitrogens is 1. The molecule has 0 radical (unpaired) electrons. The predicted octanol–water partition coefficient (Wildman–Crippen LogP) is 2.14. The minimum atomic E-state index is -0.614. The van der Waals surface area contributed by atoms with Crippen molar-refractivity contribution in [3.8, 4) is 11.1 Å². The van der Waals surface area contributed by atoms with E-state index >= 15 is 0 Å². The molecular weight excluding hydrogens is 369 g/mol. The number of ether oxygens (including phenoxy) is 2. The SMILES string of the molecule is COC(=O)c1cncc(-c2ccc(N3C[C@H](CNC(C)=O)OC3=O)cc2F)c1. The molecule has 0 aliphatic carbocycles. The monoisotopic (exact) mass is 387 g/mol. The molecule has 1 saturated heterocycles. The van der Waals surface area contributed by atoms with Crippen LogP contribution in [0.4, 0.5) is 14.9 Å². The van der Waals surface area contributed by atoms with Gasteiger partial charge in [-0.25, -0.2) is 14.0 Å². The van der Waals surface area contributed by atoms with Gasteiger partial charge < -0.3 is 14.8 Å². The van der Waals surface area contributed by atoms with Gasteiger partial charge in [-0.2, -0.15) is 0 Å². The van der Waals surface area contributed by atoms with Gasteiger partial charge in [0, 0.05) is 30.4 Å². The number of nitrogens with zero attached hydrogens (tertiary/aromatic N) is 2. The fourth-order valence-corrected chi connectivity index (χ4v) is 2.82. The molecule has 0 unspecified atom stereocenters. The molecule has 2 aromatic rings. The Labute approximate surface area is 160 Å². The number of carbonyl (C=O) groups excluding carboxylic acids is 3. The minimum absolute atomic E-state index is 0.185. The van der Waals surface area contributed by atoms with E-state index in [9.17, 15) is 18.8 Å². The first-order chi connectivity index (χ1) is 13.4. The zero-order valence-electron chi connectivity index (χ0n) is 15.3. The summed E-state index contributed by atoms with van der Waals surface area (Å²) in [7, 11) is 1.25. The maximum atomic E-state index is 14.7. The molecule has 1 aliphatic heterocycles. The van der Waals surface area contributed by atoms with Gasteiger partial charge in [-0.15, -0.1) is 0 Å². The highest BCUT2D eigenvalue weighted by Gasteiger charge is 2.32. The van der Waals surface area contributed by atoms with E-state index in [1.165, 1.54) is 49.5 Å². The highest BCUT2D eigenvalue weighted by Crippen LogP contribution is 2.29. The summed E-state index contributed by atoms with van der Waals surface area (Å²) in [6.07, 6.45) is 1.63. The van der Waals surface area contributed by atoms with Gasteiger partial charge in [-0.05, 0) is 24.3 Å². The summed E-state index contributed by atoms with van der Waals surface area (Å²) in [5, 5.41) is 2.58. The molecule has 9 heteroatoms. The number of anilines is 1. The molecule has 1 aromatic carbocycles. The Morgan fingerprint density at radius 3 is 2.82 bits per heavy atom. The number of nitrogens with one attached hydrogen (secondary N) is 1. The minimum Gasteiger partial charge on any atom is -0.465 e. The van der Waals surface area contributed by atoms with Crippen LogP contribution in [-0.2, 0) is 14.3 Å². The summed E-state index contributed by atoms with van der Waals surface area (Å²) in [6.45, 7) is 1.74. The van der Waals surface area contributed by atoms with Gasteiger partial charge >= 0.3 is 12.1 Å². The van der Waals surface area contributed by atoms with Crippen molar-refractivity contribution in [3.05, 3.63) is 48.0 Å². The van der Waals surface area contributed by atoms with Crippen LogP contribution < -0.4 is 10.2 Å². The van der Waals surface area contributed by atoms with Crippen molar-refractivity contribution in [2.24, 2.45) is 0 Å². The van der Waals surface area contributed by atoms with Gasteiger partial charge in [-0.1, -0.05) is 0 Å². The standard InChI is InChI=1S/C19H18FN3O5/c1-11(24)22-9-15-10-23(19(26)28-15)14-3-4-16(17(20)6-14)12-5-13(8-21-7-12)18(25)27-2/h3-8,15H,9-10H2,1-2H3,(H,22,24)/t15-/m0/s1. The lowest BCUT2D eigenvalue weighted by atomic mass is 10.0. The Hall–Kier alpha value is -3.49. The summed E-state index contributed by atoms with van der Waals surface area (Å²) < 4.78 is 24.5. The quantitative estimate of drug-likeness (QED) is 0.790. The van der Waals surface area contributed by atoms with Crippen LogP contribution in [0.3, 0.4) is 0 Å². The molecule has 1 atom stereocenters. The van der Waals surface area contributed by atoms with Crippen molar-refractivity contribution < 1.29 is 28.2 Å². The van der Waals surface area contributed by atoms with E-state index in [1.54, 1.807) is 6.07 Å². The molecule has 146 valence electrons. The number of benzene rings is 1. The summed E-state index contributed by atoms with van der Waals surface area (Å²) in [5.41, 5.74) is 1.16. The lowest BCUT2D eigenvalue weighted by Crippen LogP contribution is -2.33. The van der Waals surface area contributed by atoms with Gasteiger partial charge in [0.1, 0.15) is 11.9 Å². The van der Waals surface area contributed by atoms with Crippen molar-refractivity contribution in [3.63, 3.8) is 0 Å². The van der Waals surface area contributed by atoms with E-state index in [0.717, 1.165) is 0 Å². The molecule has 28 heavy (non-hydrogen) atoms. The third-order valence-electron chi connectivity index (χ3n) is 4.19. The molecule has 0 saturated carbocycles. The van der Waals surface area contributed by atoms with Crippen LogP contribution in [0.25, 0.3) is 11.1 Å². The summed E-state index contributed by atoms with van der Waals surface area (Å²) in [4.78, 5) is 39.9. The number of esters is 1. The average Bonchev–Trinajstić information content (AvgIpc) is 3.06. The topological polar surface area (TPSA) is 97.8 Å². The predicted molar refractivity (Wildman–Crippen MR) is 97.3 cm³/mol. The number of rotatable bonds is 5. The molecular formula is C19H18FN3O5. The smallest absolute Gasteiger partial charge is 0.414 e. The van der Waals surface area contributed by atoms with Crippen LogP contribution in [0.15, 0.2) is 36.7 Å². The van der Waals surface area contributed by atoms with Crippen LogP contribution in [0.1, 0.15) is 17.3 Å². The number of cyclic esters (lactones) is 1. The van der Waals surface area contributed by atoms with E-state index in [2.05, 4.69) is 15.0 Å². The first-order valence-corrected chi connectivity index (χ1v) is 8.45. The van der Waals surface area contributed by atoms with E-state index in [-0.39, 0.29) is 30.1 Å². The largest absolute Gasteiger partial charge is 0.465 e. The maximum absolute atomic E-state index is 14.7. The van der Waals surface area contributed by atoms with Crippen molar-refractivity contribution in [1.29, 1.82) is 0 Å². The van der Waals surface area contributed by atoms with Crippen LogP contribution >= 0.6 is 0 Å². The van der Waals surface area contributed by atoms with E-state index < -0.39 is 24.0 Å². The van der Waals surface area contributed by atoms with Gasteiger partial charge in [0.25, 0.3) is 0 Å². The van der Waals surface area contributed by atoms with Gasteiger partial charge in [0.05, 0.1) is 31.5 Å². The van der Waals surface area contributed by atoms with E-state index in [0.29, 0.717) is 11.3 Å². The summed E-state index contributed by atoms with van der Waals surface area (Å²) in [5.74, 6) is -1.39. The normalized spacial score (nSPS) is 15.9. The third kappa shape index (κ3) is 4.08. The molecule has 3 rings (SSSR count). The van der Waals surface area contributed by atoms with Crippen molar-refractivity contribution in [2.75, 3.05) is 25.1 Å². The number of amides is 2. The second-order valence-electron chi connectivity index (χ2n) is 6.17. The maximum Gasteiger partial charge on any atom is 0.414 e. The Morgan fingerprint density at radius 1 is 1.36 bits per heavy atom. The number of hydrogen-bond donors (Lipinski definition) is 1. The van der Waals surface area contributed by atoms with Gasteiger partial charge in [0.2, 0.25) is 5.91 Å². The molecule has 2 amide bonds. The highest BCUT2D eigenvalue weighted by atomic mass is 19.1. The molecule has 1 N–H and O–H groups in total. The Bertz CT molecular complexity index is 934. The molecule has 2 heterocycles. The van der Waals surface area contributed by atoms with Gasteiger partial charge in [0.15, 0.2) is 0 Å². The van der Waals surface area contributed by atoms with Crippen LogP contribution in [0.2, 0.25) is 0 Å². The molecule has 0 bridgehead atoms. The van der Waals surface area contributed by atoms with Crippen LogP contribution in [-0.4, -0.2) is 49.3 Å².